The van der Waals surface area contributed by atoms with E-state index in [1.165, 1.54) is 39.1 Å². The SMILES string of the molecule is c1ccc2c(c1)Cc1c-2ccc2c1Cc1nc3c4cccnc4c4cccnc4n3c1-2. The monoisotopic (exact) mass is 396 g/mol. The maximum atomic E-state index is 5.14. The van der Waals surface area contributed by atoms with Gasteiger partial charge in [0, 0.05) is 35.2 Å². The summed E-state index contributed by atoms with van der Waals surface area (Å²) in [5.41, 5.74) is 13.5. The first-order valence-corrected chi connectivity index (χ1v) is 10.6. The van der Waals surface area contributed by atoms with E-state index in [2.05, 4.69) is 57.9 Å². The molecule has 0 N–H and O–H groups in total. The third kappa shape index (κ3) is 1.84. The molecule has 6 aromatic rings. The Bertz CT molecular complexity index is 1740. The lowest BCUT2D eigenvalue weighted by Gasteiger charge is -2.11. The second-order valence-electron chi connectivity index (χ2n) is 8.47. The lowest BCUT2D eigenvalue weighted by atomic mass is 9.97. The van der Waals surface area contributed by atoms with Gasteiger partial charge >= 0.3 is 0 Å². The number of aromatic nitrogens is 4. The molecule has 2 aromatic carbocycles. The first kappa shape index (κ1) is 15.7. The summed E-state index contributed by atoms with van der Waals surface area (Å²) in [6.07, 6.45) is 5.59. The summed E-state index contributed by atoms with van der Waals surface area (Å²) in [6, 6.07) is 21.6. The molecule has 144 valence electrons. The molecule has 4 heteroatoms. The Balaban J connectivity index is 1.49. The van der Waals surface area contributed by atoms with Gasteiger partial charge in [-0.2, -0.15) is 0 Å². The Morgan fingerprint density at radius 3 is 2.35 bits per heavy atom. The fourth-order valence-electron chi connectivity index (χ4n) is 5.68. The molecule has 0 saturated carbocycles. The van der Waals surface area contributed by atoms with Crippen LogP contribution in [0.2, 0.25) is 0 Å². The van der Waals surface area contributed by atoms with E-state index in [0.29, 0.717) is 0 Å². The van der Waals surface area contributed by atoms with Gasteiger partial charge in [0.05, 0.1) is 16.9 Å². The highest BCUT2D eigenvalue weighted by Crippen LogP contribution is 2.47. The largest absolute Gasteiger partial charge is 0.275 e. The quantitative estimate of drug-likeness (QED) is 0.315. The van der Waals surface area contributed by atoms with Crippen LogP contribution < -0.4 is 0 Å². The zero-order valence-corrected chi connectivity index (χ0v) is 16.6. The van der Waals surface area contributed by atoms with E-state index < -0.39 is 0 Å². The lowest BCUT2D eigenvalue weighted by Crippen LogP contribution is -1.98. The zero-order valence-electron chi connectivity index (χ0n) is 16.6. The number of nitrogens with zero attached hydrogens (tertiary/aromatic N) is 4. The van der Waals surface area contributed by atoms with Gasteiger partial charge in [-0.3, -0.25) is 9.38 Å². The van der Waals surface area contributed by atoms with Crippen LogP contribution in [0.3, 0.4) is 0 Å². The summed E-state index contributed by atoms with van der Waals surface area (Å²) in [4.78, 5) is 14.6. The molecule has 31 heavy (non-hydrogen) atoms. The second-order valence-corrected chi connectivity index (χ2v) is 8.47. The van der Waals surface area contributed by atoms with Gasteiger partial charge in [0.1, 0.15) is 11.3 Å². The highest BCUT2D eigenvalue weighted by atomic mass is 15.1. The Hall–Kier alpha value is -4.05. The zero-order chi connectivity index (χ0) is 20.1. The summed E-state index contributed by atoms with van der Waals surface area (Å²) in [5.74, 6) is 0. The van der Waals surface area contributed by atoms with Gasteiger partial charge < -0.3 is 0 Å². The van der Waals surface area contributed by atoms with Crippen LogP contribution in [0.1, 0.15) is 22.4 Å². The van der Waals surface area contributed by atoms with Gasteiger partial charge in [0.25, 0.3) is 0 Å². The topological polar surface area (TPSA) is 43.1 Å². The minimum absolute atomic E-state index is 0.875. The van der Waals surface area contributed by atoms with Crippen molar-refractivity contribution in [1.29, 1.82) is 0 Å². The van der Waals surface area contributed by atoms with Crippen LogP contribution in [0.4, 0.5) is 0 Å². The number of rotatable bonds is 0. The number of fused-ring (bicyclic) bond motifs is 14. The number of pyridine rings is 3. The molecular weight excluding hydrogens is 380 g/mol. The molecule has 4 nitrogen and oxygen atoms in total. The summed E-state index contributed by atoms with van der Waals surface area (Å²) < 4.78 is 2.26. The molecule has 2 aliphatic rings. The van der Waals surface area contributed by atoms with Gasteiger partial charge in [-0.15, -0.1) is 0 Å². The van der Waals surface area contributed by atoms with E-state index in [4.69, 9.17) is 9.97 Å². The summed E-state index contributed by atoms with van der Waals surface area (Å²) in [5, 5.41) is 2.14. The average Bonchev–Trinajstić information content (AvgIpc) is 3.48. The van der Waals surface area contributed by atoms with Gasteiger partial charge in [-0.05, 0) is 58.5 Å². The maximum Gasteiger partial charge on any atom is 0.148 e. The number of benzene rings is 2. The molecule has 0 fully saturated rings. The van der Waals surface area contributed by atoms with Crippen LogP contribution in [0.25, 0.3) is 50.0 Å². The lowest BCUT2D eigenvalue weighted by molar-refractivity contribution is 1.12. The molecular formula is C27H16N4. The van der Waals surface area contributed by atoms with Crippen molar-refractivity contribution >= 4 is 27.6 Å². The summed E-state index contributed by atoms with van der Waals surface area (Å²) >= 11 is 0. The molecule has 4 aromatic heterocycles. The van der Waals surface area contributed by atoms with E-state index in [1.807, 2.05) is 24.5 Å². The van der Waals surface area contributed by atoms with Crippen LogP contribution in [0.5, 0.6) is 0 Å². The minimum Gasteiger partial charge on any atom is -0.275 e. The van der Waals surface area contributed by atoms with Crippen molar-refractivity contribution in [2.45, 2.75) is 12.8 Å². The van der Waals surface area contributed by atoms with Crippen LogP contribution in [0.15, 0.2) is 73.1 Å². The molecule has 0 unspecified atom stereocenters. The molecule has 0 aliphatic heterocycles. The van der Waals surface area contributed by atoms with Crippen molar-refractivity contribution in [2.75, 3.05) is 0 Å². The first-order chi connectivity index (χ1) is 15.4. The van der Waals surface area contributed by atoms with Gasteiger partial charge in [-0.25, -0.2) is 9.97 Å². The Labute approximate surface area is 177 Å². The third-order valence-electron chi connectivity index (χ3n) is 6.96. The van der Waals surface area contributed by atoms with Crippen LogP contribution in [0, 0.1) is 0 Å². The number of hydrogen-bond acceptors (Lipinski definition) is 3. The van der Waals surface area contributed by atoms with Crippen LogP contribution in [-0.4, -0.2) is 19.4 Å². The number of hydrogen-bond donors (Lipinski definition) is 0. The normalized spacial score (nSPS) is 13.5. The predicted molar refractivity (Wildman–Crippen MR) is 122 cm³/mol. The summed E-state index contributed by atoms with van der Waals surface area (Å²) in [6.45, 7) is 0. The van der Waals surface area contributed by atoms with Crippen molar-refractivity contribution in [3.63, 3.8) is 0 Å². The predicted octanol–water partition coefficient (Wildman–Crippen LogP) is 5.57. The van der Waals surface area contributed by atoms with Crippen molar-refractivity contribution in [1.82, 2.24) is 19.4 Å². The second kappa shape index (κ2) is 5.35. The van der Waals surface area contributed by atoms with E-state index in [-0.39, 0.29) is 0 Å². The van der Waals surface area contributed by atoms with Crippen molar-refractivity contribution in [2.24, 2.45) is 0 Å². The summed E-state index contributed by atoms with van der Waals surface area (Å²) in [7, 11) is 0. The third-order valence-corrected chi connectivity index (χ3v) is 6.96. The van der Waals surface area contributed by atoms with Crippen LogP contribution in [-0.2, 0) is 12.8 Å². The van der Waals surface area contributed by atoms with E-state index in [9.17, 15) is 0 Å². The maximum absolute atomic E-state index is 5.14. The van der Waals surface area contributed by atoms with E-state index in [1.54, 1.807) is 0 Å². The molecule has 0 saturated heterocycles. The molecule has 0 spiro atoms. The average molecular weight is 396 g/mol. The molecule has 0 bridgehead atoms. The Morgan fingerprint density at radius 1 is 0.645 bits per heavy atom. The molecule has 2 aliphatic carbocycles. The molecule has 0 atom stereocenters. The van der Waals surface area contributed by atoms with Gasteiger partial charge in [-0.1, -0.05) is 36.4 Å². The highest BCUT2D eigenvalue weighted by molar-refractivity contribution is 6.09. The standard InChI is InChI=1S/C27H16N4/c1-2-6-16-15(5-1)13-21-17(16)9-10-18-22(21)14-23-25(18)31-26-19(7-4-12-29-26)24-20(27(31)30-23)8-3-11-28-24/h1-12H,13-14H2. The van der Waals surface area contributed by atoms with Crippen molar-refractivity contribution in [3.05, 3.63) is 95.4 Å². The van der Waals surface area contributed by atoms with E-state index in [0.717, 1.165) is 46.1 Å². The molecule has 0 radical (unpaired) electrons. The fourth-order valence-corrected chi connectivity index (χ4v) is 5.68. The van der Waals surface area contributed by atoms with Crippen LogP contribution >= 0.6 is 0 Å². The van der Waals surface area contributed by atoms with Gasteiger partial charge in [0.2, 0.25) is 0 Å². The number of imidazole rings is 1. The fraction of sp³-hybridized carbons (Fsp3) is 0.0741. The molecule has 4 heterocycles. The Morgan fingerprint density at radius 2 is 1.42 bits per heavy atom. The molecule has 0 amide bonds. The van der Waals surface area contributed by atoms with Crippen molar-refractivity contribution < 1.29 is 0 Å². The van der Waals surface area contributed by atoms with E-state index >= 15 is 0 Å². The first-order valence-electron chi connectivity index (χ1n) is 10.6. The van der Waals surface area contributed by atoms with Crippen molar-refractivity contribution in [3.8, 4) is 22.4 Å². The smallest absolute Gasteiger partial charge is 0.148 e. The highest BCUT2D eigenvalue weighted by Gasteiger charge is 2.32. The van der Waals surface area contributed by atoms with Gasteiger partial charge in [0.15, 0.2) is 0 Å². The minimum atomic E-state index is 0.875. The Kier molecular flexibility index (Phi) is 2.72. The molecule has 8 rings (SSSR count).